The van der Waals surface area contributed by atoms with Crippen LogP contribution in [-0.2, 0) is 51.3 Å². The molecule has 18 nitrogen and oxygen atoms in total. The van der Waals surface area contributed by atoms with Crippen molar-refractivity contribution in [3.63, 3.8) is 0 Å². The van der Waals surface area contributed by atoms with Gasteiger partial charge < -0.3 is 49.6 Å². The van der Waals surface area contributed by atoms with Gasteiger partial charge in [0.15, 0.2) is 5.13 Å². The summed E-state index contributed by atoms with van der Waals surface area (Å²) >= 11 is 3.00. The van der Waals surface area contributed by atoms with Crippen LogP contribution < -0.4 is 20.9 Å². The fourth-order valence-electron chi connectivity index (χ4n) is 10.5. The molecule has 4 N–H and O–H groups in total. The number of aliphatic hydroxyl groups excluding tert-OH is 1. The molecular formula is C62H72N8O10S2. The lowest BCUT2D eigenvalue weighted by molar-refractivity contribution is -0.144. The van der Waals surface area contributed by atoms with Gasteiger partial charge in [-0.3, -0.25) is 34.1 Å². The number of nitrogens with zero attached hydrogens (tertiary/aromatic N) is 5. The Kier molecular flexibility index (Phi) is 20.0. The summed E-state index contributed by atoms with van der Waals surface area (Å²) < 4.78 is 17.0. The first kappa shape index (κ1) is 59.3. The Morgan fingerprint density at radius 3 is 2.10 bits per heavy atom. The predicted octanol–water partition coefficient (Wildman–Crippen LogP) is 7.47. The van der Waals surface area contributed by atoms with Gasteiger partial charge in [0.25, 0.3) is 11.8 Å². The van der Waals surface area contributed by atoms with Crippen LogP contribution in [0.2, 0.25) is 0 Å². The first-order valence-corrected chi connectivity index (χ1v) is 29.6. The molecule has 6 amide bonds. The first-order valence-electron chi connectivity index (χ1n) is 27.9. The quantitative estimate of drug-likeness (QED) is 0.0435. The number of fused-ring (bicyclic) bond motifs is 1. The number of nitrogens with one attached hydrogen (secondary N) is 3. The van der Waals surface area contributed by atoms with Crippen LogP contribution in [-0.4, -0.2) is 151 Å². The normalized spacial score (nSPS) is 16.9. The Balaban J connectivity index is 0.627. The molecule has 6 aromatic rings. The maximum absolute atomic E-state index is 14.0. The second-order valence-electron chi connectivity index (χ2n) is 21.8. The maximum Gasteiger partial charge on any atom is 0.255 e. The van der Waals surface area contributed by atoms with Gasteiger partial charge in [-0.1, -0.05) is 99.6 Å². The second-order valence-corrected chi connectivity index (χ2v) is 23.6. The number of benzene rings is 4. The number of thiazole rings is 1. The highest BCUT2D eigenvalue weighted by Gasteiger charge is 2.45. The lowest BCUT2D eigenvalue weighted by Gasteiger charge is -2.36. The number of likely N-dealkylation sites (tertiary alicyclic amines) is 1. The van der Waals surface area contributed by atoms with Crippen LogP contribution in [0.1, 0.15) is 78.7 Å². The summed E-state index contributed by atoms with van der Waals surface area (Å²) in [4.78, 5) is 93.8. The van der Waals surface area contributed by atoms with Crippen molar-refractivity contribution < 1.29 is 48.1 Å². The number of aryl methyl sites for hydroxylation is 1. The Morgan fingerprint density at radius 1 is 0.768 bits per heavy atom. The zero-order valence-electron chi connectivity index (χ0n) is 46.8. The summed E-state index contributed by atoms with van der Waals surface area (Å²) in [5, 5.41) is 23.6. The minimum absolute atomic E-state index is 0.00954. The lowest BCUT2D eigenvalue weighted by atomic mass is 9.85. The van der Waals surface area contributed by atoms with Crippen molar-refractivity contribution in [2.75, 3.05) is 82.6 Å². The maximum atomic E-state index is 14.0. The molecule has 4 aromatic carbocycles. The van der Waals surface area contributed by atoms with E-state index in [2.05, 4.69) is 56.3 Å². The summed E-state index contributed by atoms with van der Waals surface area (Å²) in [6.07, 6.45) is 1.13. The van der Waals surface area contributed by atoms with E-state index in [0.717, 1.165) is 39.1 Å². The van der Waals surface area contributed by atoms with Gasteiger partial charge in [0, 0.05) is 86.4 Å². The van der Waals surface area contributed by atoms with Crippen LogP contribution in [0.3, 0.4) is 0 Å². The van der Waals surface area contributed by atoms with E-state index in [1.165, 1.54) is 26.7 Å². The van der Waals surface area contributed by atoms with Crippen molar-refractivity contribution >= 4 is 68.9 Å². The van der Waals surface area contributed by atoms with Crippen LogP contribution in [0.15, 0.2) is 120 Å². The summed E-state index contributed by atoms with van der Waals surface area (Å²) in [7, 11) is 0. The number of hydrogen-bond acceptors (Lipinski definition) is 14. The van der Waals surface area contributed by atoms with Gasteiger partial charge in [0.05, 0.1) is 52.2 Å². The largest absolute Gasteiger partial charge is 0.391 e. The third-order valence-electron chi connectivity index (χ3n) is 15.0. The Morgan fingerprint density at radius 2 is 1.44 bits per heavy atom. The minimum Gasteiger partial charge on any atom is -0.391 e. The standard InChI is InChI=1S/C62H72N8O10S2/c1-41-22-34-81-55(41)45-12-10-42(11-13-45)38-64-57(74)51-37-49(71)40-69(51)60(77)56(62(2,3)4)65-52(72)20-28-78-30-32-80-33-31-79-29-21-53(73)68-26-24-67(25-27-68)48-18-16-43(17-19-48)46-14-15-47-39-70(59(76)50(47)36-46)54(44-8-6-5-7-9-44)58(75)66-61-63-23-35-82-61/h5-19,22-23,34-36,49,51,54,56,71H,20-21,24-33,37-40H2,1-4H3,(H,64,74)(H,65,72)(H,63,66,75)/t49-,51+,54?,56-/m1/s1. The number of aliphatic hydroxyl groups is 1. The Labute approximate surface area is 486 Å². The average molecular weight is 1150 g/mol. The highest BCUT2D eigenvalue weighted by atomic mass is 32.1. The molecule has 0 bridgehead atoms. The molecule has 2 saturated heterocycles. The van der Waals surface area contributed by atoms with E-state index in [0.29, 0.717) is 56.6 Å². The summed E-state index contributed by atoms with van der Waals surface area (Å²) in [6.45, 7) is 12.3. The molecule has 0 aliphatic carbocycles. The molecule has 2 aromatic heterocycles. The monoisotopic (exact) mass is 1150 g/mol. The highest BCUT2D eigenvalue weighted by molar-refractivity contribution is 7.14. The topological polar surface area (TPSA) is 212 Å². The molecule has 2 fully saturated rings. The number of hydrogen-bond donors (Lipinski definition) is 4. The molecule has 0 spiro atoms. The number of ether oxygens (including phenoxy) is 3. The summed E-state index contributed by atoms with van der Waals surface area (Å²) in [5.74, 6) is -1.65. The molecule has 1 unspecified atom stereocenters. The van der Waals surface area contributed by atoms with Crippen LogP contribution in [0.5, 0.6) is 0 Å². The van der Waals surface area contributed by atoms with Gasteiger partial charge in [-0.2, -0.15) is 0 Å². The number of thiophene rings is 1. The van der Waals surface area contributed by atoms with E-state index in [1.54, 1.807) is 27.8 Å². The van der Waals surface area contributed by atoms with Crippen molar-refractivity contribution in [1.82, 2.24) is 30.3 Å². The molecule has 5 heterocycles. The van der Waals surface area contributed by atoms with E-state index in [1.807, 2.05) is 111 Å². The van der Waals surface area contributed by atoms with Crippen molar-refractivity contribution in [2.45, 2.75) is 84.3 Å². The molecule has 82 heavy (non-hydrogen) atoms. The van der Waals surface area contributed by atoms with E-state index in [4.69, 9.17) is 14.2 Å². The van der Waals surface area contributed by atoms with Crippen molar-refractivity contribution in [1.29, 1.82) is 0 Å². The third kappa shape index (κ3) is 15.0. The van der Waals surface area contributed by atoms with E-state index >= 15 is 0 Å². The van der Waals surface area contributed by atoms with Gasteiger partial charge >= 0.3 is 0 Å². The van der Waals surface area contributed by atoms with Gasteiger partial charge in [-0.15, -0.1) is 22.7 Å². The molecule has 9 rings (SSSR count). The molecule has 3 aliphatic heterocycles. The molecule has 4 atom stereocenters. The number of anilines is 2. The van der Waals surface area contributed by atoms with Gasteiger partial charge in [0.1, 0.15) is 18.1 Å². The molecular weight excluding hydrogens is 1080 g/mol. The van der Waals surface area contributed by atoms with Gasteiger partial charge in [0.2, 0.25) is 23.6 Å². The molecule has 0 saturated carbocycles. The Bertz CT molecular complexity index is 3140. The SMILES string of the molecule is Cc1ccsc1-c1ccc(CNC(=O)[C@@H]2C[C@@H](O)CN2C(=O)[C@@H](NC(=O)CCOCCOCCOCCC(=O)N2CCN(c3ccc(-c4ccc5c(c4)C(=O)N(C(C(=O)Nc4nccs4)c4ccccc4)C5)cc3)CC2)C(C)(C)C)cc1. The van der Waals surface area contributed by atoms with E-state index in [9.17, 15) is 33.9 Å². The number of carbonyl (C=O) groups excluding carboxylic acids is 6. The fraction of sp³-hybridized carbons (Fsp3) is 0.403. The molecule has 3 aliphatic rings. The third-order valence-corrected chi connectivity index (χ3v) is 16.7. The zero-order chi connectivity index (χ0) is 57.8. The number of β-amino-alcohol motifs (C(OH)–C–C–N with tert-alkyl or cyclic N) is 1. The highest BCUT2D eigenvalue weighted by Crippen LogP contribution is 2.36. The molecule has 432 valence electrons. The van der Waals surface area contributed by atoms with E-state index < -0.39 is 35.6 Å². The average Bonchev–Trinajstić information content (AvgIpc) is 4.27. The van der Waals surface area contributed by atoms with Gasteiger partial charge in [-0.25, -0.2) is 4.98 Å². The van der Waals surface area contributed by atoms with Crippen LogP contribution in [0.25, 0.3) is 21.6 Å². The zero-order valence-corrected chi connectivity index (χ0v) is 48.5. The second kappa shape index (κ2) is 27.6. The van der Waals surface area contributed by atoms with Crippen LogP contribution in [0.4, 0.5) is 10.8 Å². The van der Waals surface area contributed by atoms with Crippen LogP contribution in [0, 0.1) is 12.3 Å². The first-order chi connectivity index (χ1) is 39.6. The van der Waals surface area contributed by atoms with Crippen molar-refractivity contribution in [2.24, 2.45) is 5.41 Å². The Hall–Kier alpha value is -7.33. The number of amides is 6. The number of rotatable bonds is 24. The number of piperazine rings is 1. The molecule has 20 heteroatoms. The summed E-state index contributed by atoms with van der Waals surface area (Å²) in [6, 6.07) is 30.9. The fourth-order valence-corrected chi connectivity index (χ4v) is 12.0. The molecule has 0 radical (unpaired) electrons. The lowest BCUT2D eigenvalue weighted by Crippen LogP contribution is -2.57. The van der Waals surface area contributed by atoms with E-state index in [-0.39, 0.29) is 88.3 Å². The number of aromatic nitrogens is 1. The van der Waals surface area contributed by atoms with Crippen molar-refractivity contribution in [3.8, 4) is 21.6 Å². The van der Waals surface area contributed by atoms with Gasteiger partial charge in [-0.05, 0) is 80.9 Å². The predicted molar refractivity (Wildman–Crippen MR) is 316 cm³/mol. The minimum atomic E-state index is -0.942. The summed E-state index contributed by atoms with van der Waals surface area (Å²) in [5.41, 5.74) is 7.61. The number of carbonyl (C=O) groups is 6. The van der Waals surface area contributed by atoms with Crippen molar-refractivity contribution in [3.05, 3.63) is 148 Å². The smallest absolute Gasteiger partial charge is 0.255 e. The van der Waals surface area contributed by atoms with Crippen LogP contribution >= 0.6 is 22.7 Å².